The largest absolute Gasteiger partial charge is 0.495 e. The van der Waals surface area contributed by atoms with Crippen molar-refractivity contribution in [1.29, 1.82) is 0 Å². The van der Waals surface area contributed by atoms with Crippen LogP contribution in [0.2, 0.25) is 0 Å². The van der Waals surface area contributed by atoms with Gasteiger partial charge in [0.15, 0.2) is 0 Å². The summed E-state index contributed by atoms with van der Waals surface area (Å²) in [5.41, 5.74) is 10.2. The molecule has 34 heavy (non-hydrogen) atoms. The Kier molecular flexibility index (Phi) is 5.61. The van der Waals surface area contributed by atoms with Crippen molar-refractivity contribution in [3.8, 4) is 5.75 Å². The second kappa shape index (κ2) is 8.48. The summed E-state index contributed by atoms with van der Waals surface area (Å²) in [5.74, 6) is 1.42. The van der Waals surface area contributed by atoms with Gasteiger partial charge in [-0.1, -0.05) is 12.6 Å². The Bertz CT molecular complexity index is 1270. The second-order valence-corrected chi connectivity index (χ2v) is 10.4. The number of nitrogens with one attached hydrogen (secondary N) is 1. The van der Waals surface area contributed by atoms with Gasteiger partial charge in [0, 0.05) is 47.4 Å². The van der Waals surface area contributed by atoms with Crippen molar-refractivity contribution < 1.29 is 9.53 Å². The number of nitrogens with zero attached hydrogens (tertiary/aromatic N) is 4. The normalized spacial score (nSPS) is 19.9. The molecule has 1 saturated heterocycles. The van der Waals surface area contributed by atoms with Crippen molar-refractivity contribution in [2.24, 2.45) is 10.7 Å². The highest BCUT2D eigenvalue weighted by atomic mass is 32.1. The van der Waals surface area contributed by atoms with Gasteiger partial charge in [-0.3, -0.25) is 4.79 Å². The van der Waals surface area contributed by atoms with Crippen LogP contribution in [0, 0.1) is 6.92 Å². The van der Waals surface area contributed by atoms with Crippen LogP contribution in [0.5, 0.6) is 5.75 Å². The fourth-order valence-electron chi connectivity index (χ4n) is 4.83. The number of methoxy groups -OCH3 is 1. The first-order chi connectivity index (χ1) is 16.3. The maximum Gasteiger partial charge on any atom is 0.250 e. The highest BCUT2D eigenvalue weighted by Gasteiger charge is 2.43. The molecule has 178 valence electrons. The lowest BCUT2D eigenvalue weighted by atomic mass is 10.0. The third-order valence-corrected chi connectivity index (χ3v) is 7.64. The van der Waals surface area contributed by atoms with E-state index < -0.39 is 0 Å². The quantitative estimate of drug-likeness (QED) is 0.620. The summed E-state index contributed by atoms with van der Waals surface area (Å²) in [6.07, 6.45) is 3.72. The standard InChI is InChI=1S/C25H30N6O2S/c1-14-6-16-8-20(34-22(16)19(7-14)33-5)18-12-31(24-21(18)23(26)27-13-28-24)17-10-30(11-17)25(32)15(2)9-29(3)4/h6-8,12-13,17,24H,2,9-11,26H2,1,3-5H3,(H,27,28). The van der Waals surface area contributed by atoms with Crippen LogP contribution in [0.1, 0.15) is 10.4 Å². The lowest BCUT2D eigenvalue weighted by Gasteiger charge is -2.46. The third-order valence-electron chi connectivity index (χ3n) is 6.44. The number of hydrogen-bond acceptors (Lipinski definition) is 8. The van der Waals surface area contributed by atoms with Crippen LogP contribution in [0.3, 0.4) is 0 Å². The Morgan fingerprint density at radius 1 is 1.35 bits per heavy atom. The number of thiophene rings is 1. The van der Waals surface area contributed by atoms with Crippen LogP contribution < -0.4 is 15.8 Å². The SMILES string of the molecule is C=C(CN(C)C)C(=O)N1CC(N2C=C(c3cc4cc(C)cc(OC)c4s3)C3=C(N)N=CNC32)C1. The highest BCUT2D eigenvalue weighted by molar-refractivity contribution is 7.20. The zero-order valence-electron chi connectivity index (χ0n) is 20.0. The molecule has 1 aromatic heterocycles. The lowest BCUT2D eigenvalue weighted by Crippen LogP contribution is -2.63. The van der Waals surface area contributed by atoms with Crippen molar-refractivity contribution in [3.63, 3.8) is 0 Å². The van der Waals surface area contributed by atoms with Gasteiger partial charge in [-0.15, -0.1) is 11.3 Å². The molecule has 1 unspecified atom stereocenters. The van der Waals surface area contributed by atoms with E-state index in [2.05, 4.69) is 53.1 Å². The number of aryl methyl sites for hydroxylation is 1. The average Bonchev–Trinajstić information content (AvgIpc) is 3.34. The molecule has 2 aromatic rings. The number of carbonyl (C=O) groups is 1. The van der Waals surface area contributed by atoms with Crippen molar-refractivity contribution >= 4 is 39.2 Å². The van der Waals surface area contributed by atoms with E-state index in [-0.39, 0.29) is 18.1 Å². The molecule has 1 atom stereocenters. The van der Waals surface area contributed by atoms with Crippen molar-refractivity contribution in [2.45, 2.75) is 19.1 Å². The number of likely N-dealkylation sites (N-methyl/N-ethyl adjacent to an activating group) is 1. The van der Waals surface area contributed by atoms with E-state index >= 15 is 0 Å². The van der Waals surface area contributed by atoms with Crippen LogP contribution in [0.4, 0.5) is 0 Å². The average molecular weight is 479 g/mol. The Hall–Kier alpha value is -3.30. The third kappa shape index (κ3) is 3.74. The minimum Gasteiger partial charge on any atom is -0.495 e. The molecular weight excluding hydrogens is 448 g/mol. The van der Waals surface area contributed by atoms with Gasteiger partial charge in [0.1, 0.15) is 17.7 Å². The molecule has 3 aliphatic heterocycles. The Morgan fingerprint density at radius 2 is 2.12 bits per heavy atom. The Balaban J connectivity index is 1.44. The number of aliphatic imine (C=N–C) groups is 1. The molecule has 0 radical (unpaired) electrons. The first-order valence-corrected chi connectivity index (χ1v) is 12.1. The molecule has 9 heteroatoms. The summed E-state index contributed by atoms with van der Waals surface area (Å²) in [7, 11) is 5.58. The lowest BCUT2D eigenvalue weighted by molar-refractivity contribution is -0.134. The fraction of sp³-hybridized carbons (Fsp3) is 0.360. The molecular formula is C25H30N6O2S. The monoisotopic (exact) mass is 478 g/mol. The van der Waals surface area contributed by atoms with Gasteiger partial charge >= 0.3 is 0 Å². The summed E-state index contributed by atoms with van der Waals surface area (Å²) in [6.45, 7) is 7.90. The first-order valence-electron chi connectivity index (χ1n) is 11.2. The smallest absolute Gasteiger partial charge is 0.250 e. The maximum absolute atomic E-state index is 12.7. The number of nitrogens with two attached hydrogens (primary N) is 1. The molecule has 0 saturated carbocycles. The predicted molar refractivity (Wildman–Crippen MR) is 138 cm³/mol. The summed E-state index contributed by atoms with van der Waals surface area (Å²) < 4.78 is 6.75. The number of carbonyl (C=O) groups excluding carboxylic acids is 1. The molecule has 5 rings (SSSR count). The van der Waals surface area contributed by atoms with Crippen LogP contribution in [0.15, 0.2) is 52.9 Å². The van der Waals surface area contributed by atoms with Crippen LogP contribution in [0.25, 0.3) is 15.7 Å². The number of amides is 1. The summed E-state index contributed by atoms with van der Waals surface area (Å²) >= 11 is 1.70. The molecule has 0 bridgehead atoms. The van der Waals surface area contributed by atoms with Gasteiger partial charge in [-0.25, -0.2) is 4.99 Å². The van der Waals surface area contributed by atoms with Gasteiger partial charge in [0.2, 0.25) is 0 Å². The zero-order valence-corrected chi connectivity index (χ0v) is 20.8. The van der Waals surface area contributed by atoms with E-state index in [9.17, 15) is 4.79 Å². The second-order valence-electron chi connectivity index (χ2n) is 9.32. The van der Waals surface area contributed by atoms with Gasteiger partial charge in [-0.05, 0) is 44.1 Å². The molecule has 0 spiro atoms. The molecule has 3 aliphatic rings. The van der Waals surface area contributed by atoms with Crippen LogP contribution in [-0.4, -0.2) is 80.0 Å². The van der Waals surface area contributed by atoms with Crippen molar-refractivity contribution in [3.05, 3.63) is 58.4 Å². The molecule has 8 nitrogen and oxygen atoms in total. The molecule has 1 aromatic carbocycles. The van der Waals surface area contributed by atoms with Crippen LogP contribution in [-0.2, 0) is 4.79 Å². The number of rotatable bonds is 6. The minimum atomic E-state index is -0.103. The number of benzene rings is 1. The molecule has 4 heterocycles. The fourth-order valence-corrected chi connectivity index (χ4v) is 5.98. The van der Waals surface area contributed by atoms with Gasteiger partial charge in [0.05, 0.1) is 24.2 Å². The van der Waals surface area contributed by atoms with Gasteiger partial charge in [-0.2, -0.15) is 0 Å². The number of ether oxygens (including phenoxy) is 1. The predicted octanol–water partition coefficient (Wildman–Crippen LogP) is 2.33. The number of likely N-dealkylation sites (tertiary alicyclic amines) is 1. The molecule has 0 aliphatic carbocycles. The van der Waals surface area contributed by atoms with E-state index in [1.165, 1.54) is 0 Å². The molecule has 3 N–H and O–H groups in total. The number of fused-ring (bicyclic) bond motifs is 2. The topological polar surface area (TPSA) is 86.4 Å². The van der Waals surface area contributed by atoms with Gasteiger partial charge < -0.3 is 30.5 Å². The maximum atomic E-state index is 12.7. The van der Waals surface area contributed by atoms with Crippen molar-refractivity contribution in [1.82, 2.24) is 20.0 Å². The van der Waals surface area contributed by atoms with E-state index in [0.717, 1.165) is 37.4 Å². The molecule has 1 fully saturated rings. The summed E-state index contributed by atoms with van der Waals surface area (Å²) in [4.78, 5) is 24.3. The minimum absolute atomic E-state index is 0.0220. The molecule has 1 amide bonds. The number of hydrogen-bond donors (Lipinski definition) is 2. The van der Waals surface area contributed by atoms with Crippen LogP contribution >= 0.6 is 11.3 Å². The van der Waals surface area contributed by atoms with E-state index in [0.29, 0.717) is 31.0 Å². The van der Waals surface area contributed by atoms with Gasteiger partial charge in [0.25, 0.3) is 5.91 Å². The van der Waals surface area contributed by atoms with Crippen molar-refractivity contribution in [2.75, 3.05) is 40.8 Å². The first kappa shape index (κ1) is 22.5. The van der Waals surface area contributed by atoms with E-state index in [1.807, 2.05) is 23.9 Å². The Labute approximate surface area is 203 Å². The summed E-state index contributed by atoms with van der Waals surface area (Å²) in [5, 5.41) is 4.52. The summed E-state index contributed by atoms with van der Waals surface area (Å²) in [6, 6.07) is 6.62. The zero-order chi connectivity index (χ0) is 24.1. The van der Waals surface area contributed by atoms with E-state index in [4.69, 9.17) is 10.5 Å². The Morgan fingerprint density at radius 3 is 2.82 bits per heavy atom. The highest BCUT2D eigenvalue weighted by Crippen LogP contribution is 2.44. The van der Waals surface area contributed by atoms with E-state index in [1.54, 1.807) is 24.8 Å².